The Labute approximate surface area is 158 Å². The molecule has 27 heavy (non-hydrogen) atoms. The van der Waals surface area contributed by atoms with E-state index in [-0.39, 0.29) is 11.8 Å². The lowest BCUT2D eigenvalue weighted by Crippen LogP contribution is -2.35. The first kappa shape index (κ1) is 18.8. The largest absolute Gasteiger partial charge is 0.494 e. The highest BCUT2D eigenvalue weighted by atomic mass is 16.5. The first-order chi connectivity index (χ1) is 13.1. The van der Waals surface area contributed by atoms with Crippen LogP contribution in [0, 0.1) is 5.41 Å². The highest BCUT2D eigenvalue weighted by molar-refractivity contribution is 6.16. The predicted octanol–water partition coefficient (Wildman–Crippen LogP) is 3.84. The molecule has 0 radical (unpaired) electrons. The molecule has 0 aliphatic heterocycles. The molecule has 2 aromatic carbocycles. The van der Waals surface area contributed by atoms with Gasteiger partial charge < -0.3 is 20.1 Å². The molecule has 0 saturated heterocycles. The fraction of sp³-hybridized carbons (Fsp3) is 0.333. The number of anilines is 2. The molecule has 3 rings (SSSR count). The normalized spacial score (nSPS) is 14.1. The average Bonchev–Trinajstić information content (AvgIpc) is 3.47. The van der Waals surface area contributed by atoms with Gasteiger partial charge in [-0.3, -0.25) is 9.59 Å². The summed E-state index contributed by atoms with van der Waals surface area (Å²) in [6.07, 6.45) is 1.08. The van der Waals surface area contributed by atoms with Crippen LogP contribution in [0.5, 0.6) is 11.5 Å². The van der Waals surface area contributed by atoms with E-state index in [2.05, 4.69) is 10.6 Å². The molecule has 6 heteroatoms. The first-order valence-corrected chi connectivity index (χ1v) is 9.16. The van der Waals surface area contributed by atoms with Gasteiger partial charge >= 0.3 is 0 Å². The molecule has 0 bridgehead atoms. The Balaban J connectivity index is 1.61. The van der Waals surface area contributed by atoms with Gasteiger partial charge in [0.2, 0.25) is 11.8 Å². The van der Waals surface area contributed by atoms with Gasteiger partial charge in [-0.05, 0) is 75.2 Å². The van der Waals surface area contributed by atoms with Crippen molar-refractivity contribution in [2.24, 2.45) is 5.41 Å². The fourth-order valence-corrected chi connectivity index (χ4v) is 2.79. The molecular formula is C21H24N2O4. The summed E-state index contributed by atoms with van der Waals surface area (Å²) in [6.45, 7) is 4.99. The molecule has 0 atom stereocenters. The summed E-state index contributed by atoms with van der Waals surface area (Å²) in [7, 11) is 0. The third-order valence-electron chi connectivity index (χ3n) is 4.47. The second-order valence-corrected chi connectivity index (χ2v) is 6.41. The van der Waals surface area contributed by atoms with E-state index in [1.165, 1.54) is 0 Å². The number of ether oxygens (including phenoxy) is 2. The molecule has 0 unspecified atom stereocenters. The molecule has 0 heterocycles. The van der Waals surface area contributed by atoms with E-state index in [9.17, 15) is 9.59 Å². The van der Waals surface area contributed by atoms with Crippen molar-refractivity contribution in [3.8, 4) is 11.5 Å². The van der Waals surface area contributed by atoms with Gasteiger partial charge in [0.15, 0.2) is 0 Å². The summed E-state index contributed by atoms with van der Waals surface area (Å²) >= 11 is 0. The number of carbonyl (C=O) groups excluding carboxylic acids is 2. The Morgan fingerprint density at radius 3 is 1.44 bits per heavy atom. The minimum absolute atomic E-state index is 0.282. The van der Waals surface area contributed by atoms with Crippen LogP contribution in [0.3, 0.4) is 0 Å². The molecule has 0 aromatic heterocycles. The van der Waals surface area contributed by atoms with Gasteiger partial charge in [-0.1, -0.05) is 0 Å². The van der Waals surface area contributed by atoms with Crippen LogP contribution in [0.15, 0.2) is 48.5 Å². The minimum Gasteiger partial charge on any atom is -0.494 e. The van der Waals surface area contributed by atoms with E-state index < -0.39 is 5.41 Å². The zero-order valence-corrected chi connectivity index (χ0v) is 15.6. The third kappa shape index (κ3) is 4.39. The zero-order chi connectivity index (χ0) is 19.3. The maximum absolute atomic E-state index is 12.7. The quantitative estimate of drug-likeness (QED) is 0.694. The second-order valence-electron chi connectivity index (χ2n) is 6.41. The zero-order valence-electron chi connectivity index (χ0n) is 15.6. The lowest BCUT2D eigenvalue weighted by Gasteiger charge is -2.16. The topological polar surface area (TPSA) is 76.7 Å². The van der Waals surface area contributed by atoms with Gasteiger partial charge in [0.1, 0.15) is 16.9 Å². The van der Waals surface area contributed by atoms with Gasteiger partial charge in [-0.25, -0.2) is 0 Å². The molecule has 1 fully saturated rings. The highest BCUT2D eigenvalue weighted by Crippen LogP contribution is 2.47. The van der Waals surface area contributed by atoms with Crippen molar-refractivity contribution in [1.82, 2.24) is 0 Å². The molecule has 2 N–H and O–H groups in total. The third-order valence-corrected chi connectivity index (χ3v) is 4.47. The van der Waals surface area contributed by atoms with Crippen molar-refractivity contribution in [1.29, 1.82) is 0 Å². The van der Waals surface area contributed by atoms with Crippen molar-refractivity contribution in [3.63, 3.8) is 0 Å². The van der Waals surface area contributed by atoms with Crippen molar-refractivity contribution < 1.29 is 19.1 Å². The Kier molecular flexibility index (Phi) is 5.64. The average molecular weight is 368 g/mol. The Morgan fingerprint density at radius 1 is 0.778 bits per heavy atom. The summed E-state index contributed by atoms with van der Waals surface area (Å²) in [5.41, 5.74) is 0.282. The summed E-state index contributed by atoms with van der Waals surface area (Å²) in [5, 5.41) is 5.66. The number of rotatable bonds is 8. The minimum atomic E-state index is -1.00. The molecular weight excluding hydrogens is 344 g/mol. The van der Waals surface area contributed by atoms with Crippen LogP contribution in [-0.4, -0.2) is 25.0 Å². The number of hydrogen-bond acceptors (Lipinski definition) is 4. The van der Waals surface area contributed by atoms with E-state index in [4.69, 9.17) is 9.47 Å². The van der Waals surface area contributed by atoms with Gasteiger partial charge in [-0.2, -0.15) is 0 Å². The summed E-state index contributed by atoms with van der Waals surface area (Å²) < 4.78 is 10.8. The molecule has 0 spiro atoms. The first-order valence-electron chi connectivity index (χ1n) is 9.16. The maximum atomic E-state index is 12.7. The van der Waals surface area contributed by atoms with Crippen molar-refractivity contribution in [2.75, 3.05) is 23.8 Å². The number of carbonyl (C=O) groups is 2. The molecule has 2 aromatic rings. The number of amides is 2. The van der Waals surface area contributed by atoms with E-state index in [1.807, 2.05) is 13.8 Å². The summed E-state index contributed by atoms with van der Waals surface area (Å²) in [5.74, 6) is 0.917. The van der Waals surface area contributed by atoms with Crippen LogP contribution in [-0.2, 0) is 9.59 Å². The predicted molar refractivity (Wildman–Crippen MR) is 104 cm³/mol. The van der Waals surface area contributed by atoms with Crippen LogP contribution in [0.4, 0.5) is 11.4 Å². The molecule has 142 valence electrons. The molecule has 1 aliphatic carbocycles. The van der Waals surface area contributed by atoms with E-state index in [0.717, 1.165) is 11.5 Å². The molecule has 1 saturated carbocycles. The van der Waals surface area contributed by atoms with Crippen LogP contribution < -0.4 is 20.1 Å². The number of hydrogen-bond donors (Lipinski definition) is 2. The van der Waals surface area contributed by atoms with E-state index in [0.29, 0.717) is 37.4 Å². The van der Waals surface area contributed by atoms with Gasteiger partial charge in [0.25, 0.3) is 0 Å². The van der Waals surface area contributed by atoms with Gasteiger partial charge in [-0.15, -0.1) is 0 Å². The monoisotopic (exact) mass is 368 g/mol. The molecule has 2 amide bonds. The number of benzene rings is 2. The van der Waals surface area contributed by atoms with Crippen molar-refractivity contribution in [3.05, 3.63) is 48.5 Å². The Bertz CT molecular complexity index is 730. The SMILES string of the molecule is CCOc1ccc(NC(=O)C2(C(=O)Nc3ccc(OCC)cc3)CC2)cc1. The molecule has 1 aliphatic rings. The Hall–Kier alpha value is -3.02. The summed E-state index contributed by atoms with van der Waals surface area (Å²) in [4.78, 5) is 25.3. The van der Waals surface area contributed by atoms with Crippen LogP contribution in [0.2, 0.25) is 0 Å². The van der Waals surface area contributed by atoms with Crippen molar-refractivity contribution in [2.45, 2.75) is 26.7 Å². The smallest absolute Gasteiger partial charge is 0.240 e. The maximum Gasteiger partial charge on any atom is 0.240 e. The van der Waals surface area contributed by atoms with Crippen LogP contribution >= 0.6 is 0 Å². The second kappa shape index (κ2) is 8.12. The van der Waals surface area contributed by atoms with E-state index >= 15 is 0 Å². The number of nitrogens with one attached hydrogen (secondary N) is 2. The lowest BCUT2D eigenvalue weighted by atomic mass is 10.0. The fourth-order valence-electron chi connectivity index (χ4n) is 2.79. The van der Waals surface area contributed by atoms with Crippen LogP contribution in [0.25, 0.3) is 0 Å². The van der Waals surface area contributed by atoms with Gasteiger partial charge in [0.05, 0.1) is 13.2 Å². The van der Waals surface area contributed by atoms with Crippen LogP contribution in [0.1, 0.15) is 26.7 Å². The molecule has 6 nitrogen and oxygen atoms in total. The summed E-state index contributed by atoms with van der Waals surface area (Å²) in [6, 6.07) is 14.2. The van der Waals surface area contributed by atoms with Crippen molar-refractivity contribution >= 4 is 23.2 Å². The standard InChI is InChI=1S/C21H24N2O4/c1-3-26-17-9-5-15(6-10-17)22-19(24)21(13-14-21)20(25)23-16-7-11-18(12-8-16)27-4-2/h5-12H,3-4,13-14H2,1-2H3,(H,22,24)(H,23,25). The highest BCUT2D eigenvalue weighted by Gasteiger charge is 2.56. The Morgan fingerprint density at radius 2 is 1.15 bits per heavy atom. The lowest BCUT2D eigenvalue weighted by molar-refractivity contribution is -0.131. The van der Waals surface area contributed by atoms with Gasteiger partial charge in [0, 0.05) is 11.4 Å². The van der Waals surface area contributed by atoms with E-state index in [1.54, 1.807) is 48.5 Å².